The molecular weight excluding hydrogens is 396 g/mol. The fourth-order valence-corrected chi connectivity index (χ4v) is 3.62. The van der Waals surface area contributed by atoms with Gasteiger partial charge in [0.15, 0.2) is 21.3 Å². The Labute approximate surface area is 170 Å². The zero-order valence-electron chi connectivity index (χ0n) is 16.7. The van der Waals surface area contributed by atoms with Crippen LogP contribution < -0.4 is 20.1 Å². The summed E-state index contributed by atoms with van der Waals surface area (Å²) in [6.45, 7) is 3.10. The molecule has 0 aromatic heterocycles. The van der Waals surface area contributed by atoms with Crippen molar-refractivity contribution in [2.24, 2.45) is 0 Å². The van der Waals surface area contributed by atoms with Crippen LogP contribution in [0.1, 0.15) is 12.5 Å². The van der Waals surface area contributed by atoms with E-state index in [0.29, 0.717) is 22.9 Å². The Bertz CT molecular complexity index is 1000. The predicted molar refractivity (Wildman–Crippen MR) is 111 cm³/mol. The molecule has 2 aromatic carbocycles. The molecule has 0 heterocycles. The summed E-state index contributed by atoms with van der Waals surface area (Å²) >= 11 is 0. The minimum atomic E-state index is -4.02. The minimum absolute atomic E-state index is 0.346. The third kappa shape index (κ3) is 5.95. The van der Waals surface area contributed by atoms with E-state index < -0.39 is 32.7 Å². The summed E-state index contributed by atoms with van der Waals surface area (Å²) in [6.07, 6.45) is 0. The van der Waals surface area contributed by atoms with Crippen LogP contribution in [0.3, 0.4) is 0 Å². The van der Waals surface area contributed by atoms with Crippen molar-refractivity contribution in [2.75, 3.05) is 30.6 Å². The van der Waals surface area contributed by atoms with Crippen molar-refractivity contribution in [1.29, 1.82) is 0 Å². The van der Waals surface area contributed by atoms with Gasteiger partial charge in [-0.2, -0.15) is 0 Å². The monoisotopic (exact) mass is 420 g/mol. The molecule has 1 unspecified atom stereocenters. The molecule has 0 radical (unpaired) electrons. The summed E-state index contributed by atoms with van der Waals surface area (Å²) in [5.74, 6) is -1.40. The summed E-state index contributed by atoms with van der Waals surface area (Å²) < 4.78 is 35.3. The van der Waals surface area contributed by atoms with E-state index in [1.165, 1.54) is 27.2 Å². The lowest BCUT2D eigenvalue weighted by Gasteiger charge is -2.15. The van der Waals surface area contributed by atoms with E-state index >= 15 is 0 Å². The normalized spacial score (nSPS) is 12.0. The highest BCUT2D eigenvalue weighted by molar-refractivity contribution is 7.93. The Morgan fingerprint density at radius 3 is 2.24 bits per heavy atom. The second-order valence-electron chi connectivity index (χ2n) is 6.43. The lowest BCUT2D eigenvalue weighted by molar-refractivity contribution is -0.115. The zero-order valence-corrected chi connectivity index (χ0v) is 17.5. The van der Waals surface area contributed by atoms with Crippen LogP contribution >= 0.6 is 0 Å². The molecule has 8 nitrogen and oxygen atoms in total. The van der Waals surface area contributed by atoms with Crippen molar-refractivity contribution in [1.82, 2.24) is 0 Å². The van der Waals surface area contributed by atoms with Crippen molar-refractivity contribution in [2.45, 2.75) is 19.1 Å². The number of sulfone groups is 1. The molecule has 2 amide bonds. The van der Waals surface area contributed by atoms with Crippen molar-refractivity contribution >= 4 is 33.0 Å². The van der Waals surface area contributed by atoms with Crippen molar-refractivity contribution < 1.29 is 27.5 Å². The fraction of sp³-hybridized carbons (Fsp3) is 0.300. The third-order valence-corrected chi connectivity index (χ3v) is 6.15. The van der Waals surface area contributed by atoms with Crippen LogP contribution in [0.4, 0.5) is 11.4 Å². The smallest absolute Gasteiger partial charge is 0.242 e. The molecule has 2 aromatic rings. The molecule has 156 valence electrons. The van der Waals surface area contributed by atoms with Crippen LogP contribution in [-0.4, -0.2) is 45.5 Å². The number of benzene rings is 2. The van der Waals surface area contributed by atoms with Crippen molar-refractivity contribution in [3.05, 3.63) is 48.0 Å². The maximum Gasteiger partial charge on any atom is 0.242 e. The van der Waals surface area contributed by atoms with Gasteiger partial charge in [-0.1, -0.05) is 12.1 Å². The second kappa shape index (κ2) is 9.42. The van der Waals surface area contributed by atoms with E-state index in [2.05, 4.69) is 10.6 Å². The summed E-state index contributed by atoms with van der Waals surface area (Å²) in [7, 11) is -1.09. The maximum atomic E-state index is 12.5. The fourth-order valence-electron chi connectivity index (χ4n) is 2.55. The first-order valence-electron chi connectivity index (χ1n) is 8.77. The van der Waals surface area contributed by atoms with Gasteiger partial charge >= 0.3 is 0 Å². The number of anilines is 2. The zero-order chi connectivity index (χ0) is 21.6. The number of aryl methyl sites for hydroxylation is 1. The topological polar surface area (TPSA) is 111 Å². The summed E-state index contributed by atoms with van der Waals surface area (Å²) in [4.78, 5) is 24.5. The number of ether oxygens (including phenoxy) is 2. The molecular formula is C20H24N2O6S. The molecule has 0 aliphatic rings. The van der Waals surface area contributed by atoms with Gasteiger partial charge in [-0.15, -0.1) is 0 Å². The quantitative estimate of drug-likeness (QED) is 0.678. The standard InChI is InChI=1S/C20H24N2O6S/c1-13-6-5-7-15(10-13)21-19(23)12-29(25,26)14(2)20(24)22-16-8-9-17(27-3)18(11-16)28-4/h5-11,14H,12H2,1-4H3,(H,21,23)(H,22,24). The average molecular weight is 420 g/mol. The first-order valence-corrected chi connectivity index (χ1v) is 10.5. The number of hydrogen-bond acceptors (Lipinski definition) is 6. The van der Waals surface area contributed by atoms with Gasteiger partial charge in [-0.25, -0.2) is 8.42 Å². The molecule has 0 spiro atoms. The molecule has 0 aliphatic heterocycles. The summed E-state index contributed by atoms with van der Waals surface area (Å²) in [5.41, 5.74) is 1.76. The van der Waals surface area contributed by atoms with E-state index in [-0.39, 0.29) is 0 Å². The second-order valence-corrected chi connectivity index (χ2v) is 8.75. The highest BCUT2D eigenvalue weighted by Gasteiger charge is 2.30. The maximum absolute atomic E-state index is 12.5. The van der Waals surface area contributed by atoms with Gasteiger partial charge in [0, 0.05) is 17.4 Å². The van der Waals surface area contributed by atoms with E-state index in [1.807, 2.05) is 13.0 Å². The number of methoxy groups -OCH3 is 2. The SMILES string of the molecule is COc1ccc(NC(=O)C(C)S(=O)(=O)CC(=O)Nc2cccc(C)c2)cc1OC. The number of amides is 2. The third-order valence-electron chi connectivity index (χ3n) is 4.19. The molecule has 29 heavy (non-hydrogen) atoms. The summed E-state index contributed by atoms with van der Waals surface area (Å²) in [5, 5.41) is 3.63. The number of nitrogens with one attached hydrogen (secondary N) is 2. The Morgan fingerprint density at radius 1 is 0.966 bits per heavy atom. The molecule has 2 rings (SSSR count). The van der Waals surface area contributed by atoms with Crippen LogP contribution in [0.5, 0.6) is 11.5 Å². The molecule has 0 saturated heterocycles. The first-order chi connectivity index (χ1) is 13.7. The number of carbonyl (C=O) groups excluding carboxylic acids is 2. The van der Waals surface area contributed by atoms with Gasteiger partial charge in [-0.05, 0) is 43.7 Å². The van der Waals surface area contributed by atoms with Crippen LogP contribution in [0, 0.1) is 6.92 Å². The van der Waals surface area contributed by atoms with Crippen molar-refractivity contribution in [3.63, 3.8) is 0 Å². The molecule has 0 bridgehead atoms. The van der Waals surface area contributed by atoms with E-state index in [1.54, 1.807) is 30.3 Å². The molecule has 9 heteroatoms. The van der Waals surface area contributed by atoms with Crippen molar-refractivity contribution in [3.8, 4) is 11.5 Å². The Hall–Kier alpha value is -3.07. The lowest BCUT2D eigenvalue weighted by atomic mass is 10.2. The van der Waals surface area contributed by atoms with Gasteiger partial charge in [0.05, 0.1) is 14.2 Å². The number of rotatable bonds is 8. The summed E-state index contributed by atoms with van der Waals surface area (Å²) in [6, 6.07) is 11.6. The average Bonchev–Trinajstić information content (AvgIpc) is 2.66. The predicted octanol–water partition coefficient (Wildman–Crippen LogP) is 2.39. The largest absolute Gasteiger partial charge is 0.493 e. The van der Waals surface area contributed by atoms with Gasteiger partial charge < -0.3 is 20.1 Å². The molecule has 2 N–H and O–H groups in total. The Kier molecular flexibility index (Phi) is 7.22. The van der Waals surface area contributed by atoms with Gasteiger partial charge in [0.1, 0.15) is 11.0 Å². The molecule has 0 aliphatic carbocycles. The minimum Gasteiger partial charge on any atom is -0.493 e. The van der Waals surface area contributed by atoms with Crippen LogP contribution in [-0.2, 0) is 19.4 Å². The number of hydrogen-bond donors (Lipinski definition) is 2. The van der Waals surface area contributed by atoms with Crippen LogP contribution in [0.2, 0.25) is 0 Å². The lowest BCUT2D eigenvalue weighted by Crippen LogP contribution is -2.37. The van der Waals surface area contributed by atoms with Gasteiger partial charge in [0.25, 0.3) is 0 Å². The Morgan fingerprint density at radius 2 is 1.62 bits per heavy atom. The number of carbonyl (C=O) groups is 2. The van der Waals surface area contributed by atoms with E-state index in [0.717, 1.165) is 5.56 Å². The molecule has 1 atom stereocenters. The Balaban J connectivity index is 2.04. The van der Waals surface area contributed by atoms with Crippen LogP contribution in [0.15, 0.2) is 42.5 Å². The van der Waals surface area contributed by atoms with E-state index in [4.69, 9.17) is 9.47 Å². The highest BCUT2D eigenvalue weighted by Crippen LogP contribution is 2.29. The molecule has 0 fully saturated rings. The first kappa shape index (κ1) is 22.2. The molecule has 0 saturated carbocycles. The van der Waals surface area contributed by atoms with Gasteiger partial charge in [0.2, 0.25) is 11.8 Å². The van der Waals surface area contributed by atoms with E-state index in [9.17, 15) is 18.0 Å². The van der Waals surface area contributed by atoms with Gasteiger partial charge in [-0.3, -0.25) is 9.59 Å². The van der Waals surface area contributed by atoms with Crippen LogP contribution in [0.25, 0.3) is 0 Å². The highest BCUT2D eigenvalue weighted by atomic mass is 32.2.